The molecule has 0 saturated carbocycles. The van der Waals surface area contributed by atoms with Gasteiger partial charge in [-0.2, -0.15) is 11.1 Å². The summed E-state index contributed by atoms with van der Waals surface area (Å²) >= 11 is 1.51. The lowest BCUT2D eigenvalue weighted by Gasteiger charge is -2.09. The summed E-state index contributed by atoms with van der Waals surface area (Å²) in [5.74, 6) is -0.215. The molecule has 8 heteroatoms. The summed E-state index contributed by atoms with van der Waals surface area (Å²) in [6, 6.07) is 10.3. The van der Waals surface area contributed by atoms with Crippen molar-refractivity contribution in [2.24, 2.45) is 0 Å². The molecule has 0 atom stereocenters. The van der Waals surface area contributed by atoms with E-state index in [1.807, 2.05) is 18.2 Å². The van der Waals surface area contributed by atoms with E-state index in [2.05, 4.69) is 44.4 Å². The van der Waals surface area contributed by atoms with E-state index in [0.29, 0.717) is 5.69 Å². The predicted molar refractivity (Wildman–Crippen MR) is 79.8 cm³/mol. The van der Waals surface area contributed by atoms with Gasteiger partial charge in [0.05, 0.1) is 5.01 Å². The second-order valence-electron chi connectivity index (χ2n) is 4.56. The van der Waals surface area contributed by atoms with Crippen LogP contribution in [0.25, 0.3) is 0 Å². The van der Waals surface area contributed by atoms with Crippen molar-refractivity contribution in [2.75, 3.05) is 0 Å². The molecule has 1 aromatic carbocycles. The molecule has 2 aromatic rings. The van der Waals surface area contributed by atoms with Crippen molar-refractivity contribution in [2.45, 2.75) is 19.1 Å². The molecular formula is C13H16N6OS. The standard InChI is InChI=1S/C13H16N6OS/c20-12(15-13-16-18-19-17-13)10-8-21-11(14-10)7-6-9-4-2-1-3-5-9/h1-5,8,13,16-19H,6-7H2,(H,15,20). The monoisotopic (exact) mass is 304 g/mol. The molecule has 0 aliphatic carbocycles. The van der Waals surface area contributed by atoms with E-state index in [0.717, 1.165) is 17.8 Å². The Kier molecular flexibility index (Phi) is 4.53. The number of benzene rings is 1. The van der Waals surface area contributed by atoms with Crippen LogP contribution in [0.1, 0.15) is 21.1 Å². The molecule has 1 fully saturated rings. The molecule has 21 heavy (non-hydrogen) atoms. The number of hydrogen-bond acceptors (Lipinski definition) is 7. The molecule has 0 spiro atoms. The Hall–Kier alpha value is -1.84. The number of hydrazine groups is 3. The summed E-state index contributed by atoms with van der Waals surface area (Å²) in [6.45, 7) is 0. The summed E-state index contributed by atoms with van der Waals surface area (Å²) in [5, 5.41) is 5.49. The Labute approximate surface area is 126 Å². The van der Waals surface area contributed by atoms with Crippen LogP contribution < -0.4 is 27.2 Å². The first-order valence-corrected chi connectivity index (χ1v) is 7.49. The number of aromatic nitrogens is 1. The molecule has 1 saturated heterocycles. The Morgan fingerprint density at radius 2 is 1.95 bits per heavy atom. The summed E-state index contributed by atoms with van der Waals surface area (Å²) in [4.78, 5) is 16.4. The molecule has 1 aromatic heterocycles. The van der Waals surface area contributed by atoms with Crippen molar-refractivity contribution in [1.82, 2.24) is 32.2 Å². The minimum absolute atomic E-state index is 0.215. The average Bonchev–Trinajstić information content (AvgIpc) is 3.17. The highest BCUT2D eigenvalue weighted by molar-refractivity contribution is 7.09. The van der Waals surface area contributed by atoms with Crippen LogP contribution in [-0.4, -0.2) is 17.2 Å². The Morgan fingerprint density at radius 1 is 1.19 bits per heavy atom. The summed E-state index contributed by atoms with van der Waals surface area (Å²) < 4.78 is 0. The second-order valence-corrected chi connectivity index (χ2v) is 5.50. The lowest BCUT2D eigenvalue weighted by Crippen LogP contribution is -2.49. The second kappa shape index (κ2) is 6.74. The van der Waals surface area contributed by atoms with E-state index in [-0.39, 0.29) is 12.2 Å². The van der Waals surface area contributed by atoms with Gasteiger partial charge in [-0.05, 0) is 12.0 Å². The summed E-state index contributed by atoms with van der Waals surface area (Å²) in [6.07, 6.45) is 1.40. The van der Waals surface area contributed by atoms with Gasteiger partial charge in [0.1, 0.15) is 5.69 Å². The highest BCUT2D eigenvalue weighted by Gasteiger charge is 2.18. The zero-order valence-corrected chi connectivity index (χ0v) is 12.0. The van der Waals surface area contributed by atoms with Crippen LogP contribution in [0.5, 0.6) is 0 Å². The first kappa shape index (κ1) is 14.1. The van der Waals surface area contributed by atoms with E-state index in [9.17, 15) is 4.79 Å². The van der Waals surface area contributed by atoms with Crippen molar-refractivity contribution in [3.05, 3.63) is 52.0 Å². The minimum atomic E-state index is -0.369. The number of hydrogen-bond donors (Lipinski definition) is 5. The van der Waals surface area contributed by atoms with Gasteiger partial charge in [0.25, 0.3) is 5.91 Å². The number of carbonyl (C=O) groups excluding carboxylic acids is 1. The fourth-order valence-electron chi connectivity index (χ4n) is 1.96. The minimum Gasteiger partial charge on any atom is -0.321 e. The van der Waals surface area contributed by atoms with Gasteiger partial charge in [-0.25, -0.2) is 15.8 Å². The topological polar surface area (TPSA) is 90.1 Å². The maximum Gasteiger partial charge on any atom is 0.273 e. The number of rotatable bonds is 5. The molecule has 7 nitrogen and oxygen atoms in total. The molecule has 0 bridgehead atoms. The molecule has 0 unspecified atom stereocenters. The van der Waals surface area contributed by atoms with Gasteiger partial charge in [0.15, 0.2) is 6.29 Å². The first-order valence-electron chi connectivity index (χ1n) is 6.61. The van der Waals surface area contributed by atoms with Crippen LogP contribution in [0.15, 0.2) is 35.7 Å². The summed E-state index contributed by atoms with van der Waals surface area (Å²) in [5.41, 5.74) is 12.5. The number of nitrogens with zero attached hydrogens (tertiary/aromatic N) is 1. The molecule has 1 aliphatic rings. The molecule has 1 amide bonds. The Bertz CT molecular complexity index is 596. The van der Waals surface area contributed by atoms with Crippen molar-refractivity contribution >= 4 is 17.2 Å². The normalized spacial score (nSPS) is 15.2. The Balaban J connectivity index is 1.54. The predicted octanol–water partition coefficient (Wildman–Crippen LogP) is 0.0587. The van der Waals surface area contributed by atoms with Gasteiger partial charge >= 0.3 is 0 Å². The number of carbonyl (C=O) groups is 1. The third-order valence-electron chi connectivity index (χ3n) is 3.03. The highest BCUT2D eigenvalue weighted by atomic mass is 32.1. The van der Waals surface area contributed by atoms with Crippen LogP contribution in [0.4, 0.5) is 0 Å². The molecule has 5 N–H and O–H groups in total. The fourth-order valence-corrected chi connectivity index (χ4v) is 2.73. The molecule has 2 heterocycles. The van der Waals surface area contributed by atoms with Gasteiger partial charge in [-0.3, -0.25) is 4.79 Å². The zero-order chi connectivity index (χ0) is 14.5. The van der Waals surface area contributed by atoms with Crippen molar-refractivity contribution in [3.8, 4) is 0 Å². The van der Waals surface area contributed by atoms with E-state index in [4.69, 9.17) is 0 Å². The van der Waals surface area contributed by atoms with Gasteiger partial charge in [-0.1, -0.05) is 30.3 Å². The van der Waals surface area contributed by atoms with E-state index in [1.165, 1.54) is 16.9 Å². The van der Waals surface area contributed by atoms with Crippen molar-refractivity contribution in [3.63, 3.8) is 0 Å². The number of aryl methyl sites for hydroxylation is 2. The van der Waals surface area contributed by atoms with Crippen LogP contribution in [-0.2, 0) is 12.8 Å². The maximum absolute atomic E-state index is 12.0. The summed E-state index contributed by atoms with van der Waals surface area (Å²) in [7, 11) is 0. The largest absolute Gasteiger partial charge is 0.321 e. The molecule has 3 rings (SSSR count). The van der Waals surface area contributed by atoms with Gasteiger partial charge in [0.2, 0.25) is 0 Å². The quantitative estimate of drug-likeness (QED) is 0.537. The van der Waals surface area contributed by atoms with E-state index >= 15 is 0 Å². The van der Waals surface area contributed by atoms with Gasteiger partial charge < -0.3 is 5.32 Å². The van der Waals surface area contributed by atoms with E-state index < -0.39 is 0 Å². The first-order chi connectivity index (χ1) is 10.3. The lowest BCUT2D eigenvalue weighted by atomic mass is 10.1. The number of thiazole rings is 1. The van der Waals surface area contributed by atoms with Crippen molar-refractivity contribution < 1.29 is 4.79 Å². The SMILES string of the molecule is O=C(NC1NNNN1)c1csc(CCc2ccccc2)n1. The average molecular weight is 304 g/mol. The van der Waals surface area contributed by atoms with Crippen molar-refractivity contribution in [1.29, 1.82) is 0 Å². The van der Waals surface area contributed by atoms with Crippen LogP contribution in [0.2, 0.25) is 0 Å². The van der Waals surface area contributed by atoms with Crippen LogP contribution >= 0.6 is 11.3 Å². The molecule has 110 valence electrons. The Morgan fingerprint density at radius 3 is 2.71 bits per heavy atom. The van der Waals surface area contributed by atoms with Gasteiger partial charge in [-0.15, -0.1) is 11.3 Å². The smallest absolute Gasteiger partial charge is 0.273 e. The third-order valence-corrected chi connectivity index (χ3v) is 3.93. The third kappa shape index (κ3) is 3.84. The lowest BCUT2D eigenvalue weighted by molar-refractivity contribution is 0.0922. The van der Waals surface area contributed by atoms with E-state index in [1.54, 1.807) is 5.38 Å². The number of nitrogens with one attached hydrogen (secondary N) is 5. The van der Waals surface area contributed by atoms with Crippen LogP contribution in [0, 0.1) is 0 Å². The maximum atomic E-state index is 12.0. The number of amides is 1. The molecule has 1 aliphatic heterocycles. The van der Waals surface area contributed by atoms with Gasteiger partial charge in [0, 0.05) is 11.8 Å². The van der Waals surface area contributed by atoms with Crippen LogP contribution in [0.3, 0.4) is 0 Å². The molecule has 0 radical (unpaired) electrons. The highest BCUT2D eigenvalue weighted by Crippen LogP contribution is 2.13. The zero-order valence-electron chi connectivity index (χ0n) is 11.2. The fraction of sp³-hybridized carbons (Fsp3) is 0.231. The molecular weight excluding hydrogens is 288 g/mol.